The standard InChI is InChI=1S/C9H6BrClO2/c10-6-2-1-5-7(12)3-4-13-9(5)8(6)11/h1-2H,3-4H2. The van der Waals surface area contributed by atoms with Gasteiger partial charge in [0.2, 0.25) is 0 Å². The third-order valence-corrected chi connectivity index (χ3v) is 3.19. The fourth-order valence-corrected chi connectivity index (χ4v) is 1.80. The molecule has 1 aliphatic rings. The zero-order valence-corrected chi connectivity index (χ0v) is 8.98. The van der Waals surface area contributed by atoms with E-state index in [1.165, 1.54) is 0 Å². The fraction of sp³-hybridized carbons (Fsp3) is 0.222. The van der Waals surface area contributed by atoms with E-state index in [9.17, 15) is 4.79 Å². The fourth-order valence-electron chi connectivity index (χ4n) is 1.27. The van der Waals surface area contributed by atoms with Gasteiger partial charge in [-0.3, -0.25) is 4.79 Å². The minimum atomic E-state index is 0.0932. The molecule has 0 saturated heterocycles. The van der Waals surface area contributed by atoms with Gasteiger partial charge < -0.3 is 4.74 Å². The summed E-state index contributed by atoms with van der Waals surface area (Å²) in [7, 11) is 0. The molecule has 0 bridgehead atoms. The van der Waals surface area contributed by atoms with E-state index in [1.807, 2.05) is 0 Å². The summed E-state index contributed by atoms with van der Waals surface area (Å²) in [5, 5.41) is 0.477. The van der Waals surface area contributed by atoms with Gasteiger partial charge in [-0.2, -0.15) is 0 Å². The second-order valence-electron chi connectivity index (χ2n) is 2.76. The number of ether oxygens (including phenoxy) is 1. The van der Waals surface area contributed by atoms with Gasteiger partial charge in [0.05, 0.1) is 17.2 Å². The third kappa shape index (κ3) is 1.46. The van der Waals surface area contributed by atoms with Crippen LogP contribution in [0.5, 0.6) is 5.75 Å². The van der Waals surface area contributed by atoms with Crippen LogP contribution >= 0.6 is 27.5 Å². The Hall–Kier alpha value is -0.540. The van der Waals surface area contributed by atoms with Crippen molar-refractivity contribution in [1.82, 2.24) is 0 Å². The molecule has 0 fully saturated rings. The maximum absolute atomic E-state index is 11.4. The molecule has 0 amide bonds. The van der Waals surface area contributed by atoms with Crippen LogP contribution in [0.3, 0.4) is 0 Å². The summed E-state index contributed by atoms with van der Waals surface area (Å²) in [4.78, 5) is 11.4. The predicted octanol–water partition coefficient (Wildman–Crippen LogP) is 3.07. The molecule has 0 spiro atoms. The highest BCUT2D eigenvalue weighted by Gasteiger charge is 2.21. The highest BCUT2D eigenvalue weighted by Crippen LogP contribution is 2.37. The molecular weight excluding hydrogens is 255 g/mol. The summed E-state index contributed by atoms with van der Waals surface area (Å²) in [6.07, 6.45) is 0.435. The van der Waals surface area contributed by atoms with Crippen molar-refractivity contribution in [3.63, 3.8) is 0 Å². The second-order valence-corrected chi connectivity index (χ2v) is 3.99. The quantitative estimate of drug-likeness (QED) is 0.717. The predicted molar refractivity (Wildman–Crippen MR) is 53.6 cm³/mol. The molecule has 0 aromatic heterocycles. The second kappa shape index (κ2) is 3.31. The van der Waals surface area contributed by atoms with Crippen molar-refractivity contribution >= 4 is 33.3 Å². The maximum Gasteiger partial charge on any atom is 0.170 e. The normalized spacial score (nSPS) is 15.1. The molecule has 1 aromatic carbocycles. The monoisotopic (exact) mass is 260 g/mol. The van der Waals surface area contributed by atoms with Gasteiger partial charge in [-0.25, -0.2) is 0 Å². The van der Waals surface area contributed by atoms with Gasteiger partial charge in [0.15, 0.2) is 5.78 Å². The molecule has 2 rings (SSSR count). The molecule has 0 atom stereocenters. The largest absolute Gasteiger partial charge is 0.491 e. The zero-order chi connectivity index (χ0) is 9.42. The van der Waals surface area contributed by atoms with Crippen molar-refractivity contribution in [3.8, 4) is 5.75 Å². The number of halogens is 2. The van der Waals surface area contributed by atoms with Crippen LogP contribution in [0.25, 0.3) is 0 Å². The third-order valence-electron chi connectivity index (χ3n) is 1.93. The van der Waals surface area contributed by atoms with E-state index in [0.717, 1.165) is 4.47 Å². The first kappa shape index (κ1) is 9.03. The number of benzene rings is 1. The molecule has 1 aromatic rings. The van der Waals surface area contributed by atoms with Crippen LogP contribution in [0.2, 0.25) is 5.02 Å². The van der Waals surface area contributed by atoms with Crippen LogP contribution in [0.15, 0.2) is 16.6 Å². The first-order chi connectivity index (χ1) is 6.20. The summed E-state index contributed by atoms with van der Waals surface area (Å²) in [6, 6.07) is 3.49. The summed E-state index contributed by atoms with van der Waals surface area (Å²) < 4.78 is 6.08. The Kier molecular flexibility index (Phi) is 2.30. The molecule has 1 aliphatic heterocycles. The molecule has 2 nitrogen and oxygen atoms in total. The van der Waals surface area contributed by atoms with Crippen molar-refractivity contribution in [2.45, 2.75) is 6.42 Å². The Bertz CT molecular complexity index is 376. The number of ketones is 1. The lowest BCUT2D eigenvalue weighted by molar-refractivity contribution is 0.0933. The van der Waals surface area contributed by atoms with E-state index in [2.05, 4.69) is 15.9 Å². The van der Waals surface area contributed by atoms with Gasteiger partial charge in [-0.15, -0.1) is 0 Å². The molecule has 13 heavy (non-hydrogen) atoms. The van der Waals surface area contributed by atoms with Crippen molar-refractivity contribution in [2.24, 2.45) is 0 Å². The van der Waals surface area contributed by atoms with Gasteiger partial charge >= 0.3 is 0 Å². The maximum atomic E-state index is 11.4. The van der Waals surface area contributed by atoms with Crippen LogP contribution in [-0.2, 0) is 0 Å². The van der Waals surface area contributed by atoms with E-state index >= 15 is 0 Å². The number of hydrogen-bond acceptors (Lipinski definition) is 2. The summed E-state index contributed by atoms with van der Waals surface area (Å²) in [5.74, 6) is 0.600. The van der Waals surface area contributed by atoms with E-state index < -0.39 is 0 Å². The minimum absolute atomic E-state index is 0.0932. The van der Waals surface area contributed by atoms with Crippen LogP contribution in [0.4, 0.5) is 0 Å². The highest BCUT2D eigenvalue weighted by molar-refractivity contribution is 9.10. The summed E-state index contributed by atoms with van der Waals surface area (Å²) in [5.41, 5.74) is 0.583. The average molecular weight is 262 g/mol. The Balaban J connectivity index is 2.63. The van der Waals surface area contributed by atoms with Crippen LogP contribution in [0, 0.1) is 0 Å². The topological polar surface area (TPSA) is 26.3 Å². The van der Waals surface area contributed by atoms with Gasteiger partial charge in [0.1, 0.15) is 5.75 Å². The molecule has 1 heterocycles. The Morgan fingerprint density at radius 1 is 1.46 bits per heavy atom. The van der Waals surface area contributed by atoms with Crippen LogP contribution < -0.4 is 4.74 Å². The Morgan fingerprint density at radius 2 is 2.23 bits per heavy atom. The number of carbonyl (C=O) groups excluding carboxylic acids is 1. The molecule has 4 heteroatoms. The lowest BCUT2D eigenvalue weighted by Crippen LogP contribution is -2.15. The molecule has 0 aliphatic carbocycles. The highest BCUT2D eigenvalue weighted by atomic mass is 79.9. The molecular formula is C9H6BrClO2. The average Bonchev–Trinajstić information content (AvgIpc) is 2.12. The molecule has 0 unspecified atom stereocenters. The van der Waals surface area contributed by atoms with Crippen LogP contribution in [-0.4, -0.2) is 12.4 Å². The van der Waals surface area contributed by atoms with Gasteiger partial charge in [0.25, 0.3) is 0 Å². The number of carbonyl (C=O) groups is 1. The van der Waals surface area contributed by atoms with E-state index in [4.69, 9.17) is 16.3 Å². The number of fused-ring (bicyclic) bond motifs is 1. The van der Waals surface area contributed by atoms with Crippen LogP contribution in [0.1, 0.15) is 16.8 Å². The van der Waals surface area contributed by atoms with Gasteiger partial charge in [0, 0.05) is 10.9 Å². The lowest BCUT2D eigenvalue weighted by Gasteiger charge is -2.17. The zero-order valence-electron chi connectivity index (χ0n) is 6.64. The molecule has 68 valence electrons. The van der Waals surface area contributed by atoms with E-state index in [-0.39, 0.29) is 5.78 Å². The van der Waals surface area contributed by atoms with E-state index in [1.54, 1.807) is 12.1 Å². The molecule has 0 saturated carbocycles. The SMILES string of the molecule is O=C1CCOc2c1ccc(Br)c2Cl. The Morgan fingerprint density at radius 3 is 3.00 bits per heavy atom. The lowest BCUT2D eigenvalue weighted by atomic mass is 10.1. The van der Waals surface area contributed by atoms with Crippen molar-refractivity contribution in [2.75, 3.05) is 6.61 Å². The number of rotatable bonds is 0. The van der Waals surface area contributed by atoms with Crippen molar-refractivity contribution in [3.05, 3.63) is 27.2 Å². The summed E-state index contributed by atoms with van der Waals surface area (Å²) >= 11 is 9.22. The molecule has 0 radical (unpaired) electrons. The molecule has 0 N–H and O–H groups in total. The van der Waals surface area contributed by atoms with Crippen molar-refractivity contribution < 1.29 is 9.53 Å². The van der Waals surface area contributed by atoms with Gasteiger partial charge in [-0.1, -0.05) is 11.6 Å². The first-order valence-corrected chi connectivity index (χ1v) is 5.01. The number of hydrogen-bond donors (Lipinski definition) is 0. The Labute approximate surface area is 89.0 Å². The minimum Gasteiger partial charge on any atom is -0.491 e. The first-order valence-electron chi connectivity index (χ1n) is 3.84. The summed E-state index contributed by atoms with van der Waals surface area (Å²) in [6.45, 7) is 0.419. The van der Waals surface area contributed by atoms with Gasteiger partial charge in [-0.05, 0) is 28.1 Å². The van der Waals surface area contributed by atoms with E-state index in [0.29, 0.717) is 29.4 Å². The number of Topliss-reactive ketones (excluding diaryl/α,β-unsaturated/α-hetero) is 1. The van der Waals surface area contributed by atoms with Crippen molar-refractivity contribution in [1.29, 1.82) is 0 Å². The smallest absolute Gasteiger partial charge is 0.170 e.